The third kappa shape index (κ3) is 3.00. The lowest BCUT2D eigenvalue weighted by Crippen LogP contribution is -2.07. The van der Waals surface area contributed by atoms with Gasteiger partial charge in [-0.2, -0.15) is 0 Å². The first-order chi connectivity index (χ1) is 7.19. The smallest absolute Gasteiger partial charge is 0.272 e. The van der Waals surface area contributed by atoms with Gasteiger partial charge in [0.25, 0.3) is 5.69 Å². The topological polar surface area (TPSA) is 95.2 Å². The van der Waals surface area contributed by atoms with Gasteiger partial charge in [0.1, 0.15) is 0 Å². The number of nitro groups is 1. The molecule has 0 aliphatic carbocycles. The Kier molecular flexibility index (Phi) is 4.20. The Morgan fingerprint density at radius 2 is 1.87 bits per heavy atom. The molecule has 0 aromatic heterocycles. The Labute approximate surface area is 88.2 Å². The maximum Gasteiger partial charge on any atom is 0.272 e. The van der Waals surface area contributed by atoms with Crippen LogP contribution in [-0.2, 0) is 12.8 Å². The van der Waals surface area contributed by atoms with Gasteiger partial charge in [0, 0.05) is 11.6 Å². The summed E-state index contributed by atoms with van der Waals surface area (Å²) in [5, 5.41) is 10.8. The first kappa shape index (κ1) is 11.6. The number of nitro benzene ring substituents is 1. The SMILES string of the molecule is NCCc1ccc(CCN)c([N+](=O)[O-])c1. The maximum atomic E-state index is 10.8. The van der Waals surface area contributed by atoms with Crippen molar-refractivity contribution in [1.29, 1.82) is 0 Å². The zero-order chi connectivity index (χ0) is 11.3. The van der Waals surface area contributed by atoms with E-state index >= 15 is 0 Å². The summed E-state index contributed by atoms with van der Waals surface area (Å²) in [7, 11) is 0. The molecule has 1 aromatic carbocycles. The summed E-state index contributed by atoms with van der Waals surface area (Å²) in [6.07, 6.45) is 1.18. The summed E-state index contributed by atoms with van der Waals surface area (Å²) < 4.78 is 0. The van der Waals surface area contributed by atoms with Gasteiger partial charge in [-0.3, -0.25) is 10.1 Å². The lowest BCUT2D eigenvalue weighted by atomic mass is 10.0. The Morgan fingerprint density at radius 3 is 2.40 bits per heavy atom. The van der Waals surface area contributed by atoms with Crippen molar-refractivity contribution in [2.24, 2.45) is 11.5 Å². The van der Waals surface area contributed by atoms with Crippen LogP contribution in [0.1, 0.15) is 11.1 Å². The van der Waals surface area contributed by atoms with E-state index in [1.165, 1.54) is 0 Å². The van der Waals surface area contributed by atoms with E-state index in [2.05, 4.69) is 0 Å². The molecule has 0 fully saturated rings. The fourth-order valence-corrected chi connectivity index (χ4v) is 1.47. The molecule has 0 heterocycles. The molecular weight excluding hydrogens is 194 g/mol. The van der Waals surface area contributed by atoms with Gasteiger partial charge in [-0.25, -0.2) is 0 Å². The largest absolute Gasteiger partial charge is 0.330 e. The second-order valence-electron chi connectivity index (χ2n) is 3.30. The molecule has 0 amide bonds. The number of hydrogen-bond acceptors (Lipinski definition) is 4. The van der Waals surface area contributed by atoms with E-state index in [4.69, 9.17) is 11.5 Å². The number of nitrogens with zero attached hydrogens (tertiary/aromatic N) is 1. The van der Waals surface area contributed by atoms with E-state index in [0.29, 0.717) is 31.5 Å². The van der Waals surface area contributed by atoms with E-state index in [1.54, 1.807) is 12.1 Å². The van der Waals surface area contributed by atoms with Crippen molar-refractivity contribution in [2.75, 3.05) is 13.1 Å². The van der Waals surface area contributed by atoms with E-state index in [0.717, 1.165) is 5.56 Å². The van der Waals surface area contributed by atoms with Crippen molar-refractivity contribution in [3.05, 3.63) is 39.4 Å². The van der Waals surface area contributed by atoms with Crippen LogP contribution >= 0.6 is 0 Å². The zero-order valence-electron chi connectivity index (χ0n) is 8.48. The molecule has 0 aliphatic heterocycles. The Bertz CT molecular complexity index is 353. The number of nitrogens with two attached hydrogens (primary N) is 2. The maximum absolute atomic E-state index is 10.8. The average Bonchev–Trinajstić information content (AvgIpc) is 2.21. The van der Waals surface area contributed by atoms with Gasteiger partial charge in [-0.05, 0) is 31.5 Å². The van der Waals surface area contributed by atoms with Crippen LogP contribution < -0.4 is 11.5 Å². The minimum Gasteiger partial charge on any atom is -0.330 e. The van der Waals surface area contributed by atoms with E-state index in [-0.39, 0.29) is 10.6 Å². The molecule has 0 spiro atoms. The average molecular weight is 209 g/mol. The summed E-state index contributed by atoms with van der Waals surface area (Å²) in [5.74, 6) is 0. The predicted octanol–water partition coefficient (Wildman–Crippen LogP) is 0.597. The summed E-state index contributed by atoms with van der Waals surface area (Å²) >= 11 is 0. The highest BCUT2D eigenvalue weighted by atomic mass is 16.6. The van der Waals surface area contributed by atoms with E-state index in [9.17, 15) is 10.1 Å². The first-order valence-electron chi connectivity index (χ1n) is 4.85. The molecule has 4 N–H and O–H groups in total. The van der Waals surface area contributed by atoms with Crippen LogP contribution in [0.5, 0.6) is 0 Å². The first-order valence-corrected chi connectivity index (χ1v) is 4.85. The molecule has 5 nitrogen and oxygen atoms in total. The molecule has 0 saturated carbocycles. The normalized spacial score (nSPS) is 10.3. The molecule has 15 heavy (non-hydrogen) atoms. The van der Waals surface area contributed by atoms with Crippen molar-refractivity contribution >= 4 is 5.69 Å². The van der Waals surface area contributed by atoms with Gasteiger partial charge in [0.2, 0.25) is 0 Å². The highest BCUT2D eigenvalue weighted by Gasteiger charge is 2.13. The number of benzene rings is 1. The van der Waals surface area contributed by atoms with Crippen LogP contribution in [0.15, 0.2) is 18.2 Å². The van der Waals surface area contributed by atoms with Gasteiger partial charge >= 0.3 is 0 Å². The van der Waals surface area contributed by atoms with Crippen molar-refractivity contribution in [1.82, 2.24) is 0 Å². The van der Waals surface area contributed by atoms with Gasteiger partial charge in [0.15, 0.2) is 0 Å². The zero-order valence-corrected chi connectivity index (χ0v) is 8.48. The summed E-state index contributed by atoms with van der Waals surface area (Å²) in [5.41, 5.74) is 12.5. The predicted molar refractivity (Wildman–Crippen MR) is 58.6 cm³/mol. The standard InChI is InChI=1S/C10H15N3O2/c11-5-3-8-1-2-9(4-6-12)10(7-8)13(14)15/h1-2,7H,3-6,11-12H2. The molecule has 0 saturated heterocycles. The van der Waals surface area contributed by atoms with E-state index in [1.807, 2.05) is 6.07 Å². The van der Waals surface area contributed by atoms with Gasteiger partial charge in [-0.1, -0.05) is 12.1 Å². The van der Waals surface area contributed by atoms with E-state index < -0.39 is 0 Å². The Morgan fingerprint density at radius 1 is 1.20 bits per heavy atom. The van der Waals surface area contributed by atoms with Crippen molar-refractivity contribution in [2.45, 2.75) is 12.8 Å². The van der Waals surface area contributed by atoms with Crippen LogP contribution in [0.25, 0.3) is 0 Å². The Hall–Kier alpha value is -1.46. The number of hydrogen-bond donors (Lipinski definition) is 2. The molecule has 0 atom stereocenters. The van der Waals surface area contributed by atoms with Gasteiger partial charge < -0.3 is 11.5 Å². The second kappa shape index (κ2) is 5.43. The summed E-state index contributed by atoms with van der Waals surface area (Å²) in [6.45, 7) is 0.907. The quantitative estimate of drug-likeness (QED) is 0.548. The molecule has 5 heteroatoms. The molecule has 0 unspecified atom stereocenters. The molecule has 1 aromatic rings. The van der Waals surface area contributed by atoms with Crippen LogP contribution in [0.2, 0.25) is 0 Å². The fourth-order valence-electron chi connectivity index (χ4n) is 1.47. The van der Waals surface area contributed by atoms with Crippen molar-refractivity contribution < 1.29 is 4.92 Å². The third-order valence-corrected chi connectivity index (χ3v) is 2.19. The Balaban J connectivity index is 3.03. The molecular formula is C10H15N3O2. The van der Waals surface area contributed by atoms with Crippen LogP contribution in [0.4, 0.5) is 5.69 Å². The lowest BCUT2D eigenvalue weighted by Gasteiger charge is -2.04. The molecule has 0 bridgehead atoms. The number of rotatable bonds is 5. The second-order valence-corrected chi connectivity index (χ2v) is 3.30. The van der Waals surface area contributed by atoms with Crippen LogP contribution in [-0.4, -0.2) is 18.0 Å². The highest BCUT2D eigenvalue weighted by Crippen LogP contribution is 2.20. The van der Waals surface area contributed by atoms with Crippen molar-refractivity contribution in [3.8, 4) is 0 Å². The highest BCUT2D eigenvalue weighted by molar-refractivity contribution is 5.43. The summed E-state index contributed by atoms with van der Waals surface area (Å²) in [6, 6.07) is 5.21. The lowest BCUT2D eigenvalue weighted by molar-refractivity contribution is -0.385. The summed E-state index contributed by atoms with van der Waals surface area (Å²) in [4.78, 5) is 10.4. The van der Waals surface area contributed by atoms with Gasteiger partial charge in [-0.15, -0.1) is 0 Å². The van der Waals surface area contributed by atoms with Crippen LogP contribution in [0, 0.1) is 10.1 Å². The fraction of sp³-hybridized carbons (Fsp3) is 0.400. The van der Waals surface area contributed by atoms with Gasteiger partial charge in [0.05, 0.1) is 4.92 Å². The minimum atomic E-state index is -0.370. The minimum absolute atomic E-state index is 0.145. The monoisotopic (exact) mass is 209 g/mol. The molecule has 0 radical (unpaired) electrons. The third-order valence-electron chi connectivity index (χ3n) is 2.19. The van der Waals surface area contributed by atoms with Crippen LogP contribution in [0.3, 0.4) is 0 Å². The molecule has 0 aliphatic rings. The van der Waals surface area contributed by atoms with Crippen molar-refractivity contribution in [3.63, 3.8) is 0 Å². The molecule has 1 rings (SSSR count). The molecule has 82 valence electrons.